The van der Waals surface area contributed by atoms with Crippen molar-refractivity contribution in [3.05, 3.63) is 23.2 Å². The van der Waals surface area contributed by atoms with E-state index in [-0.39, 0.29) is 16.6 Å². The van der Waals surface area contributed by atoms with Crippen LogP contribution in [0.15, 0.2) is 12.7 Å². The highest BCUT2D eigenvalue weighted by molar-refractivity contribution is 7.92. The van der Waals surface area contributed by atoms with E-state index in [1.807, 2.05) is 0 Å². The Hall–Kier alpha value is -1.41. The van der Waals surface area contributed by atoms with Gasteiger partial charge in [-0.05, 0) is 6.92 Å². The highest BCUT2D eigenvalue weighted by Crippen LogP contribution is 2.23. The Morgan fingerprint density at radius 3 is 2.82 bits per heavy atom. The molecule has 0 saturated carbocycles. The lowest BCUT2D eigenvalue weighted by Crippen LogP contribution is -2.08. The Balaban J connectivity index is 2.88. The van der Waals surface area contributed by atoms with Gasteiger partial charge >= 0.3 is 5.97 Å². The number of esters is 1. The molecule has 0 bridgehead atoms. The molecule has 94 valence electrons. The first-order valence-corrected chi connectivity index (χ1v) is 7.27. The summed E-state index contributed by atoms with van der Waals surface area (Å²) in [4.78, 5) is 15.7. The number of sulfonamides is 1. The molecule has 0 saturated heterocycles. The molecule has 0 aliphatic heterocycles. The van der Waals surface area contributed by atoms with Gasteiger partial charge in [-0.15, -0.1) is 0 Å². The van der Waals surface area contributed by atoms with Crippen molar-refractivity contribution in [2.24, 2.45) is 0 Å². The molecule has 0 aliphatic carbocycles. The highest BCUT2D eigenvalue weighted by atomic mass is 32.2. The molecule has 0 radical (unpaired) electrons. The Kier molecular flexibility index (Phi) is 4.24. The number of nitrogens with one attached hydrogen (secondary N) is 1. The van der Waals surface area contributed by atoms with Crippen LogP contribution in [0.5, 0.6) is 0 Å². The third kappa shape index (κ3) is 4.16. The molecule has 6 nitrogen and oxygen atoms in total. The number of carbonyl (C=O) groups excluding carboxylic acids is 1. The monoisotopic (exact) mass is 276 g/mol. The van der Waals surface area contributed by atoms with Gasteiger partial charge in [-0.2, -0.15) is 0 Å². The predicted octanol–water partition coefficient (Wildman–Crippen LogP) is 1.17. The number of thiazole rings is 1. The van der Waals surface area contributed by atoms with Crippen LogP contribution >= 0.6 is 11.3 Å². The van der Waals surface area contributed by atoms with Crippen LogP contribution in [0.3, 0.4) is 0 Å². The molecule has 0 aromatic carbocycles. The van der Waals surface area contributed by atoms with Gasteiger partial charge < -0.3 is 4.74 Å². The normalized spacial score (nSPS) is 10.9. The van der Waals surface area contributed by atoms with Gasteiger partial charge in [-0.1, -0.05) is 24.0 Å². The van der Waals surface area contributed by atoms with Crippen LogP contribution in [0.4, 0.5) is 5.13 Å². The average Bonchev–Trinajstić information content (AvgIpc) is 2.53. The Morgan fingerprint density at radius 1 is 1.65 bits per heavy atom. The van der Waals surface area contributed by atoms with Gasteiger partial charge in [0.15, 0.2) is 5.13 Å². The molecule has 1 N–H and O–H groups in total. The lowest BCUT2D eigenvalue weighted by molar-refractivity contribution is 0.0554. The van der Waals surface area contributed by atoms with E-state index in [1.165, 1.54) is 6.08 Å². The minimum atomic E-state index is -3.39. The van der Waals surface area contributed by atoms with Crippen molar-refractivity contribution in [3.63, 3.8) is 0 Å². The van der Waals surface area contributed by atoms with Gasteiger partial charge in [0, 0.05) is 0 Å². The van der Waals surface area contributed by atoms with E-state index < -0.39 is 16.0 Å². The van der Waals surface area contributed by atoms with Crippen LogP contribution in [-0.2, 0) is 14.8 Å². The summed E-state index contributed by atoms with van der Waals surface area (Å²) in [6.45, 7) is 5.13. The maximum Gasteiger partial charge on any atom is 0.350 e. The van der Waals surface area contributed by atoms with Crippen LogP contribution in [0.25, 0.3) is 0 Å². The number of nitrogens with zero attached hydrogens (tertiary/aromatic N) is 1. The molecule has 0 atom stereocenters. The molecule has 1 rings (SSSR count). The number of ether oxygens (including phenoxy) is 1. The molecule has 1 heterocycles. The summed E-state index contributed by atoms with van der Waals surface area (Å²) in [5, 5.41) is 0.149. The van der Waals surface area contributed by atoms with Crippen LogP contribution in [-0.4, -0.2) is 32.2 Å². The van der Waals surface area contributed by atoms with E-state index in [0.717, 1.165) is 17.6 Å². The first-order chi connectivity index (χ1) is 7.83. The number of carbonyl (C=O) groups is 1. The second-order valence-corrected chi connectivity index (χ2v) is 5.94. The number of aromatic nitrogens is 1. The van der Waals surface area contributed by atoms with Crippen molar-refractivity contribution in [3.8, 4) is 0 Å². The van der Waals surface area contributed by atoms with Crippen molar-refractivity contribution < 1.29 is 17.9 Å². The number of rotatable bonds is 5. The van der Waals surface area contributed by atoms with Gasteiger partial charge in [-0.3, -0.25) is 4.72 Å². The standard InChI is InChI=1S/C9H12N2O4S2/c1-4-5-15-8(12)7-6(2)10-9(16-7)11-17(3,13)14/h4H,1,5H2,2-3H3,(H,10,11). The lowest BCUT2D eigenvalue weighted by Gasteiger charge is -1.98. The first kappa shape index (κ1) is 13.7. The zero-order chi connectivity index (χ0) is 13.1. The third-order valence-corrected chi connectivity index (χ3v) is 3.33. The maximum absolute atomic E-state index is 11.5. The van der Waals surface area contributed by atoms with Crippen molar-refractivity contribution in [2.45, 2.75) is 6.92 Å². The smallest absolute Gasteiger partial charge is 0.350 e. The minimum absolute atomic E-state index is 0.102. The van der Waals surface area contributed by atoms with Crippen molar-refractivity contribution >= 4 is 32.5 Å². The minimum Gasteiger partial charge on any atom is -0.457 e. The van der Waals surface area contributed by atoms with Crippen LogP contribution in [0.1, 0.15) is 15.4 Å². The maximum atomic E-state index is 11.5. The summed E-state index contributed by atoms with van der Waals surface area (Å²) in [6, 6.07) is 0. The number of hydrogen-bond donors (Lipinski definition) is 1. The quantitative estimate of drug-likeness (QED) is 0.644. The van der Waals surface area contributed by atoms with E-state index in [0.29, 0.717) is 5.69 Å². The number of hydrogen-bond acceptors (Lipinski definition) is 6. The van der Waals surface area contributed by atoms with E-state index in [4.69, 9.17) is 4.74 Å². The molecular weight excluding hydrogens is 264 g/mol. The number of aryl methyl sites for hydroxylation is 1. The molecule has 1 aromatic rings. The SMILES string of the molecule is C=CCOC(=O)c1sc(NS(C)(=O)=O)nc1C. The van der Waals surface area contributed by atoms with E-state index >= 15 is 0 Å². The predicted molar refractivity (Wildman–Crippen MR) is 65.8 cm³/mol. The number of anilines is 1. The molecule has 0 fully saturated rings. The molecule has 0 unspecified atom stereocenters. The summed E-state index contributed by atoms with van der Waals surface area (Å²) in [6.07, 6.45) is 2.46. The summed E-state index contributed by atoms with van der Waals surface area (Å²) in [5.74, 6) is -0.540. The van der Waals surface area contributed by atoms with Crippen LogP contribution < -0.4 is 4.72 Å². The Morgan fingerprint density at radius 2 is 2.29 bits per heavy atom. The third-order valence-electron chi connectivity index (χ3n) is 1.59. The van der Waals surface area contributed by atoms with Gasteiger partial charge in [0.1, 0.15) is 11.5 Å². The summed E-state index contributed by atoms with van der Waals surface area (Å²) >= 11 is 0.935. The zero-order valence-corrected chi connectivity index (χ0v) is 11.0. The lowest BCUT2D eigenvalue weighted by atomic mass is 10.4. The molecule has 0 aliphatic rings. The Bertz CT molecular complexity index is 533. The fraction of sp³-hybridized carbons (Fsp3) is 0.333. The summed E-state index contributed by atoms with van der Waals surface area (Å²) < 4.78 is 29.0. The second-order valence-electron chi connectivity index (χ2n) is 3.19. The molecular formula is C9H12N2O4S2. The zero-order valence-electron chi connectivity index (χ0n) is 9.39. The molecule has 8 heteroatoms. The van der Waals surface area contributed by atoms with Gasteiger partial charge in [0.25, 0.3) is 0 Å². The molecule has 1 aromatic heterocycles. The van der Waals surface area contributed by atoms with E-state index in [9.17, 15) is 13.2 Å². The fourth-order valence-electron chi connectivity index (χ4n) is 0.988. The first-order valence-electron chi connectivity index (χ1n) is 4.56. The van der Waals surface area contributed by atoms with Gasteiger partial charge in [0.05, 0.1) is 11.9 Å². The second kappa shape index (κ2) is 5.28. The van der Waals surface area contributed by atoms with Gasteiger partial charge in [0.2, 0.25) is 10.0 Å². The van der Waals surface area contributed by atoms with Crippen LogP contribution in [0.2, 0.25) is 0 Å². The Labute approximate surface area is 103 Å². The molecule has 0 spiro atoms. The highest BCUT2D eigenvalue weighted by Gasteiger charge is 2.17. The van der Waals surface area contributed by atoms with Gasteiger partial charge in [-0.25, -0.2) is 18.2 Å². The van der Waals surface area contributed by atoms with Crippen molar-refractivity contribution in [1.82, 2.24) is 4.98 Å². The molecule has 17 heavy (non-hydrogen) atoms. The molecule has 0 amide bonds. The van der Waals surface area contributed by atoms with Crippen molar-refractivity contribution in [2.75, 3.05) is 17.6 Å². The van der Waals surface area contributed by atoms with E-state index in [1.54, 1.807) is 6.92 Å². The van der Waals surface area contributed by atoms with Crippen LogP contribution in [0, 0.1) is 6.92 Å². The largest absolute Gasteiger partial charge is 0.457 e. The topological polar surface area (TPSA) is 85.4 Å². The fourth-order valence-corrected chi connectivity index (χ4v) is 2.68. The van der Waals surface area contributed by atoms with Crippen molar-refractivity contribution in [1.29, 1.82) is 0 Å². The summed E-state index contributed by atoms with van der Waals surface area (Å²) in [5.41, 5.74) is 0.426. The average molecular weight is 276 g/mol. The summed E-state index contributed by atoms with van der Waals surface area (Å²) in [7, 11) is -3.39. The van der Waals surface area contributed by atoms with E-state index in [2.05, 4.69) is 16.3 Å².